The Labute approximate surface area is 125 Å². The van der Waals surface area contributed by atoms with E-state index in [9.17, 15) is 14.7 Å². The lowest BCUT2D eigenvalue weighted by atomic mass is 9.87. The smallest absolute Gasteiger partial charge is 0.326 e. The van der Waals surface area contributed by atoms with Crippen LogP contribution in [0.15, 0.2) is 24.3 Å². The van der Waals surface area contributed by atoms with Crippen LogP contribution in [-0.2, 0) is 11.2 Å². The highest BCUT2D eigenvalue weighted by Crippen LogP contribution is 2.19. The van der Waals surface area contributed by atoms with Gasteiger partial charge in [0, 0.05) is 5.69 Å². The highest BCUT2D eigenvalue weighted by molar-refractivity contribution is 5.92. The number of rotatable bonds is 5. The summed E-state index contributed by atoms with van der Waals surface area (Å²) in [5.74, 6) is -1.05. The summed E-state index contributed by atoms with van der Waals surface area (Å²) in [4.78, 5) is 23.1. The molecule has 1 rings (SSSR count). The number of anilines is 1. The topological polar surface area (TPSA) is 78.4 Å². The van der Waals surface area contributed by atoms with Crippen molar-refractivity contribution in [3.8, 4) is 0 Å². The molecule has 0 heterocycles. The van der Waals surface area contributed by atoms with Crippen LogP contribution in [0.2, 0.25) is 0 Å². The first-order valence-electron chi connectivity index (χ1n) is 7.13. The van der Waals surface area contributed by atoms with Gasteiger partial charge in [0.05, 0.1) is 0 Å². The Balaban J connectivity index is 2.66. The summed E-state index contributed by atoms with van der Waals surface area (Å²) in [7, 11) is 0. The van der Waals surface area contributed by atoms with E-state index >= 15 is 0 Å². The number of benzene rings is 1. The Morgan fingerprint density at radius 3 is 2.19 bits per heavy atom. The molecule has 0 spiro atoms. The van der Waals surface area contributed by atoms with E-state index in [2.05, 4.69) is 17.6 Å². The van der Waals surface area contributed by atoms with Crippen LogP contribution in [0.4, 0.5) is 10.5 Å². The highest BCUT2D eigenvalue weighted by Gasteiger charge is 2.32. The molecule has 5 heteroatoms. The van der Waals surface area contributed by atoms with E-state index in [0.717, 1.165) is 12.8 Å². The summed E-state index contributed by atoms with van der Waals surface area (Å²) < 4.78 is 0. The molecule has 2 amide bonds. The maximum atomic E-state index is 11.9. The predicted molar refractivity (Wildman–Crippen MR) is 83.5 cm³/mol. The molecule has 0 aliphatic rings. The van der Waals surface area contributed by atoms with E-state index in [1.807, 2.05) is 24.3 Å². The fourth-order valence-electron chi connectivity index (χ4n) is 1.99. The van der Waals surface area contributed by atoms with Crippen LogP contribution in [0.1, 0.15) is 39.7 Å². The number of nitrogens with one attached hydrogen (secondary N) is 2. The van der Waals surface area contributed by atoms with Crippen LogP contribution in [-0.4, -0.2) is 23.1 Å². The lowest BCUT2D eigenvalue weighted by molar-refractivity contribution is -0.141. The summed E-state index contributed by atoms with van der Waals surface area (Å²) in [5.41, 5.74) is 1.29. The van der Waals surface area contributed by atoms with Gasteiger partial charge in [-0.2, -0.15) is 0 Å². The van der Waals surface area contributed by atoms with Crippen LogP contribution in [0, 0.1) is 5.41 Å². The van der Waals surface area contributed by atoms with Crippen molar-refractivity contribution in [2.24, 2.45) is 5.41 Å². The van der Waals surface area contributed by atoms with Gasteiger partial charge in [-0.3, -0.25) is 0 Å². The van der Waals surface area contributed by atoms with Gasteiger partial charge in [-0.25, -0.2) is 9.59 Å². The van der Waals surface area contributed by atoms with Crippen molar-refractivity contribution in [1.82, 2.24) is 5.32 Å². The first-order valence-corrected chi connectivity index (χ1v) is 7.13. The molecule has 21 heavy (non-hydrogen) atoms. The zero-order chi connectivity index (χ0) is 16.0. The van der Waals surface area contributed by atoms with Gasteiger partial charge in [0.25, 0.3) is 0 Å². The molecule has 0 bridgehead atoms. The minimum atomic E-state index is -1.05. The van der Waals surface area contributed by atoms with Gasteiger partial charge in [0.1, 0.15) is 6.04 Å². The summed E-state index contributed by atoms with van der Waals surface area (Å²) in [6.07, 6.45) is 2.07. The van der Waals surface area contributed by atoms with Gasteiger partial charge in [-0.1, -0.05) is 46.2 Å². The quantitative estimate of drug-likeness (QED) is 0.779. The zero-order valence-electron chi connectivity index (χ0n) is 13.1. The number of aliphatic carboxylic acids is 1. The van der Waals surface area contributed by atoms with Crippen LogP contribution in [0.25, 0.3) is 0 Å². The molecule has 0 fully saturated rings. The highest BCUT2D eigenvalue weighted by atomic mass is 16.4. The van der Waals surface area contributed by atoms with Crippen molar-refractivity contribution in [2.75, 3.05) is 5.32 Å². The van der Waals surface area contributed by atoms with Crippen LogP contribution >= 0.6 is 0 Å². The van der Waals surface area contributed by atoms with Crippen molar-refractivity contribution in [3.63, 3.8) is 0 Å². The fourth-order valence-corrected chi connectivity index (χ4v) is 1.99. The SMILES string of the molecule is CCCc1ccc(NC(=O)N[C@H](C(=O)O)C(C)(C)C)cc1. The number of urea groups is 1. The summed E-state index contributed by atoms with van der Waals surface area (Å²) in [6.45, 7) is 7.42. The summed E-state index contributed by atoms with van der Waals surface area (Å²) in [6, 6.07) is 6.08. The van der Waals surface area contributed by atoms with Crippen molar-refractivity contribution >= 4 is 17.7 Å². The van der Waals surface area contributed by atoms with Crippen LogP contribution in [0.3, 0.4) is 0 Å². The third-order valence-electron chi connectivity index (χ3n) is 3.14. The Hall–Kier alpha value is -2.04. The van der Waals surface area contributed by atoms with Gasteiger partial charge in [-0.15, -0.1) is 0 Å². The molecule has 0 unspecified atom stereocenters. The number of hydrogen-bond donors (Lipinski definition) is 3. The molecular weight excluding hydrogens is 268 g/mol. The summed E-state index contributed by atoms with van der Waals surface area (Å²) >= 11 is 0. The number of carboxylic acids is 1. The van der Waals surface area contributed by atoms with Gasteiger partial charge in [0.2, 0.25) is 0 Å². The molecule has 1 aromatic carbocycles. The number of aryl methyl sites for hydroxylation is 1. The Kier molecular flexibility index (Phi) is 5.76. The van der Waals surface area contributed by atoms with E-state index in [-0.39, 0.29) is 0 Å². The molecule has 0 saturated carbocycles. The average molecular weight is 292 g/mol. The number of amides is 2. The second-order valence-corrected chi connectivity index (χ2v) is 6.18. The van der Waals surface area contributed by atoms with E-state index in [1.54, 1.807) is 20.8 Å². The summed E-state index contributed by atoms with van der Waals surface area (Å²) in [5, 5.41) is 14.3. The number of carbonyl (C=O) groups excluding carboxylic acids is 1. The minimum Gasteiger partial charge on any atom is -0.480 e. The van der Waals surface area contributed by atoms with Crippen molar-refractivity contribution in [1.29, 1.82) is 0 Å². The number of carboxylic acid groups (broad SMARTS) is 1. The average Bonchev–Trinajstić information content (AvgIpc) is 2.37. The van der Waals surface area contributed by atoms with E-state index in [4.69, 9.17) is 0 Å². The van der Waals surface area contributed by atoms with Gasteiger partial charge in [-0.05, 0) is 29.5 Å². The van der Waals surface area contributed by atoms with Gasteiger partial charge in [0.15, 0.2) is 0 Å². The third-order valence-corrected chi connectivity index (χ3v) is 3.14. The lowest BCUT2D eigenvalue weighted by Crippen LogP contribution is -2.50. The molecule has 0 saturated heterocycles. The van der Waals surface area contributed by atoms with Crippen LogP contribution < -0.4 is 10.6 Å². The van der Waals surface area contributed by atoms with Crippen molar-refractivity contribution < 1.29 is 14.7 Å². The zero-order valence-corrected chi connectivity index (χ0v) is 13.1. The standard InChI is InChI=1S/C16H24N2O3/c1-5-6-11-7-9-12(10-8-11)17-15(21)18-13(14(19)20)16(2,3)4/h7-10,13H,5-6H2,1-4H3,(H,19,20)(H2,17,18,21)/t13-/m1/s1. The minimum absolute atomic E-state index is 0.513. The molecule has 116 valence electrons. The lowest BCUT2D eigenvalue weighted by Gasteiger charge is -2.27. The monoisotopic (exact) mass is 292 g/mol. The van der Waals surface area contributed by atoms with E-state index < -0.39 is 23.5 Å². The first-order chi connectivity index (χ1) is 9.74. The molecule has 0 aromatic heterocycles. The molecule has 1 atom stereocenters. The number of hydrogen-bond acceptors (Lipinski definition) is 2. The normalized spacial score (nSPS) is 12.6. The van der Waals surface area contributed by atoms with E-state index in [0.29, 0.717) is 5.69 Å². The molecule has 0 aliphatic carbocycles. The second-order valence-electron chi connectivity index (χ2n) is 6.18. The predicted octanol–water partition coefficient (Wildman–Crippen LogP) is 3.26. The molecule has 0 radical (unpaired) electrons. The number of carbonyl (C=O) groups is 2. The first kappa shape index (κ1) is 17.0. The largest absolute Gasteiger partial charge is 0.480 e. The van der Waals surface area contributed by atoms with Crippen molar-refractivity contribution in [3.05, 3.63) is 29.8 Å². The molecular formula is C16H24N2O3. The third kappa shape index (κ3) is 5.45. The van der Waals surface area contributed by atoms with Crippen molar-refractivity contribution in [2.45, 2.75) is 46.6 Å². The molecule has 1 aromatic rings. The Bertz CT molecular complexity index is 489. The van der Waals surface area contributed by atoms with Gasteiger partial charge >= 0.3 is 12.0 Å². The van der Waals surface area contributed by atoms with Gasteiger partial charge < -0.3 is 15.7 Å². The fraction of sp³-hybridized carbons (Fsp3) is 0.500. The van der Waals surface area contributed by atoms with E-state index in [1.165, 1.54) is 5.56 Å². The Morgan fingerprint density at radius 1 is 1.19 bits per heavy atom. The Morgan fingerprint density at radius 2 is 1.76 bits per heavy atom. The molecule has 5 nitrogen and oxygen atoms in total. The molecule has 0 aliphatic heterocycles. The van der Waals surface area contributed by atoms with Crippen LogP contribution in [0.5, 0.6) is 0 Å². The maximum absolute atomic E-state index is 11.9. The molecule has 3 N–H and O–H groups in total. The maximum Gasteiger partial charge on any atom is 0.326 e. The second kappa shape index (κ2) is 7.11.